The van der Waals surface area contributed by atoms with Crippen molar-refractivity contribution < 1.29 is 9.47 Å². The maximum Gasteiger partial charge on any atom is 0.225 e. The summed E-state index contributed by atoms with van der Waals surface area (Å²) in [7, 11) is 0. The van der Waals surface area contributed by atoms with Gasteiger partial charge in [-0.3, -0.25) is 0 Å². The Morgan fingerprint density at radius 3 is 3.06 bits per heavy atom. The Morgan fingerprint density at radius 2 is 2.29 bits per heavy atom. The molecular weight excluding hydrogens is 218 g/mol. The number of nitrogens with zero attached hydrogens (tertiary/aromatic N) is 2. The van der Waals surface area contributed by atoms with E-state index in [2.05, 4.69) is 15.3 Å². The first-order chi connectivity index (χ1) is 8.38. The van der Waals surface area contributed by atoms with Gasteiger partial charge in [-0.2, -0.15) is 4.98 Å². The Hall–Kier alpha value is -1.36. The second-order valence-corrected chi connectivity index (χ2v) is 4.09. The van der Waals surface area contributed by atoms with Crippen molar-refractivity contribution in [2.24, 2.45) is 5.92 Å². The van der Waals surface area contributed by atoms with Crippen LogP contribution < -0.4 is 10.1 Å². The summed E-state index contributed by atoms with van der Waals surface area (Å²) in [6.07, 6.45) is 3.93. The summed E-state index contributed by atoms with van der Waals surface area (Å²) < 4.78 is 10.7. The molecule has 17 heavy (non-hydrogen) atoms. The highest BCUT2D eigenvalue weighted by atomic mass is 16.5. The zero-order chi connectivity index (χ0) is 11.9. The maximum absolute atomic E-state index is 5.33. The average Bonchev–Trinajstić information content (AvgIpc) is 2.39. The maximum atomic E-state index is 5.33. The van der Waals surface area contributed by atoms with Crippen LogP contribution in [-0.4, -0.2) is 36.3 Å². The zero-order valence-electron chi connectivity index (χ0n) is 10.2. The zero-order valence-corrected chi connectivity index (χ0v) is 10.2. The quantitative estimate of drug-likeness (QED) is 0.845. The number of hydrogen-bond donors (Lipinski definition) is 1. The van der Waals surface area contributed by atoms with Crippen LogP contribution in [0.1, 0.15) is 19.8 Å². The second-order valence-electron chi connectivity index (χ2n) is 4.09. The van der Waals surface area contributed by atoms with Crippen LogP contribution in [-0.2, 0) is 4.74 Å². The van der Waals surface area contributed by atoms with Crippen molar-refractivity contribution in [1.29, 1.82) is 0 Å². The summed E-state index contributed by atoms with van der Waals surface area (Å²) in [6, 6.07) is 1.77. The molecule has 0 radical (unpaired) electrons. The first kappa shape index (κ1) is 12.1. The Labute approximate surface area is 102 Å². The monoisotopic (exact) mass is 237 g/mol. The minimum Gasteiger partial charge on any atom is -0.478 e. The number of hydrogen-bond acceptors (Lipinski definition) is 5. The van der Waals surface area contributed by atoms with E-state index in [0.717, 1.165) is 32.6 Å². The molecule has 1 fully saturated rings. The van der Waals surface area contributed by atoms with Gasteiger partial charge in [-0.15, -0.1) is 0 Å². The van der Waals surface area contributed by atoms with Gasteiger partial charge in [0.05, 0.1) is 6.61 Å². The van der Waals surface area contributed by atoms with E-state index < -0.39 is 0 Å². The smallest absolute Gasteiger partial charge is 0.225 e. The van der Waals surface area contributed by atoms with Crippen molar-refractivity contribution in [1.82, 2.24) is 9.97 Å². The van der Waals surface area contributed by atoms with Gasteiger partial charge in [-0.05, 0) is 25.7 Å². The lowest BCUT2D eigenvalue weighted by Crippen LogP contribution is -2.23. The van der Waals surface area contributed by atoms with E-state index in [1.165, 1.54) is 0 Å². The van der Waals surface area contributed by atoms with E-state index in [0.29, 0.717) is 24.4 Å². The Bertz CT molecular complexity index is 340. The summed E-state index contributed by atoms with van der Waals surface area (Å²) in [5, 5.41) is 3.26. The molecule has 1 aliphatic rings. The van der Waals surface area contributed by atoms with Crippen LogP contribution in [0.25, 0.3) is 0 Å². The van der Waals surface area contributed by atoms with Crippen LogP contribution in [0.5, 0.6) is 5.88 Å². The van der Waals surface area contributed by atoms with E-state index in [-0.39, 0.29) is 0 Å². The lowest BCUT2D eigenvalue weighted by atomic mass is 10.0. The largest absolute Gasteiger partial charge is 0.478 e. The highest BCUT2D eigenvalue weighted by Crippen LogP contribution is 2.15. The molecule has 0 aromatic carbocycles. The van der Waals surface area contributed by atoms with Gasteiger partial charge in [0, 0.05) is 32.0 Å². The first-order valence-electron chi connectivity index (χ1n) is 6.16. The third-order valence-corrected chi connectivity index (χ3v) is 2.81. The molecule has 5 nitrogen and oxygen atoms in total. The van der Waals surface area contributed by atoms with Gasteiger partial charge in [0.15, 0.2) is 0 Å². The number of ether oxygens (including phenoxy) is 2. The van der Waals surface area contributed by atoms with Crippen LogP contribution in [0.3, 0.4) is 0 Å². The number of nitrogens with one attached hydrogen (secondary N) is 1. The Kier molecular flexibility index (Phi) is 4.55. The predicted molar refractivity (Wildman–Crippen MR) is 65.2 cm³/mol. The number of rotatable bonds is 5. The lowest BCUT2D eigenvalue weighted by molar-refractivity contribution is 0.0699. The molecule has 0 aliphatic carbocycles. The van der Waals surface area contributed by atoms with Crippen LogP contribution >= 0.6 is 0 Å². The Balaban J connectivity index is 1.83. The Morgan fingerprint density at radius 1 is 1.47 bits per heavy atom. The molecule has 0 amide bonds. The van der Waals surface area contributed by atoms with Crippen molar-refractivity contribution in [3.8, 4) is 5.88 Å². The van der Waals surface area contributed by atoms with E-state index >= 15 is 0 Å². The number of anilines is 1. The fourth-order valence-corrected chi connectivity index (χ4v) is 1.84. The highest BCUT2D eigenvalue weighted by molar-refractivity contribution is 5.27. The SMILES string of the molecule is CCOc1ccnc(NCC2CCOCC2)n1. The third kappa shape index (κ3) is 3.85. The molecule has 0 saturated carbocycles. The van der Waals surface area contributed by atoms with Crippen molar-refractivity contribution in [3.05, 3.63) is 12.3 Å². The molecule has 2 rings (SSSR count). The molecule has 0 atom stereocenters. The minimum absolute atomic E-state index is 0.621. The van der Waals surface area contributed by atoms with E-state index in [1.54, 1.807) is 12.3 Å². The van der Waals surface area contributed by atoms with Crippen molar-refractivity contribution in [2.75, 3.05) is 31.7 Å². The minimum atomic E-state index is 0.621. The average molecular weight is 237 g/mol. The molecule has 2 heterocycles. The lowest BCUT2D eigenvalue weighted by Gasteiger charge is -2.22. The van der Waals surface area contributed by atoms with Gasteiger partial charge in [0.25, 0.3) is 0 Å². The molecule has 0 unspecified atom stereocenters. The highest BCUT2D eigenvalue weighted by Gasteiger charge is 2.13. The molecule has 1 aliphatic heterocycles. The molecule has 1 saturated heterocycles. The van der Waals surface area contributed by atoms with Crippen molar-refractivity contribution in [2.45, 2.75) is 19.8 Å². The van der Waals surface area contributed by atoms with E-state index in [9.17, 15) is 0 Å². The fourth-order valence-electron chi connectivity index (χ4n) is 1.84. The molecule has 5 heteroatoms. The molecule has 0 bridgehead atoms. The van der Waals surface area contributed by atoms with Crippen LogP contribution in [0, 0.1) is 5.92 Å². The summed E-state index contributed by atoms with van der Waals surface area (Å²) in [5.41, 5.74) is 0. The van der Waals surface area contributed by atoms with E-state index in [4.69, 9.17) is 9.47 Å². The molecule has 1 N–H and O–H groups in total. The van der Waals surface area contributed by atoms with Crippen LogP contribution in [0.4, 0.5) is 5.95 Å². The van der Waals surface area contributed by atoms with Gasteiger partial charge < -0.3 is 14.8 Å². The molecule has 1 aromatic rings. The van der Waals surface area contributed by atoms with Crippen LogP contribution in [0.15, 0.2) is 12.3 Å². The van der Waals surface area contributed by atoms with Gasteiger partial charge in [-0.25, -0.2) is 4.98 Å². The summed E-state index contributed by atoms with van der Waals surface area (Å²) in [6.45, 7) is 5.20. The summed E-state index contributed by atoms with van der Waals surface area (Å²) in [4.78, 5) is 8.44. The molecular formula is C12H19N3O2. The van der Waals surface area contributed by atoms with Crippen LogP contribution in [0.2, 0.25) is 0 Å². The summed E-state index contributed by atoms with van der Waals surface area (Å²) >= 11 is 0. The van der Waals surface area contributed by atoms with Gasteiger partial charge >= 0.3 is 0 Å². The van der Waals surface area contributed by atoms with Gasteiger partial charge in [0.1, 0.15) is 0 Å². The fraction of sp³-hybridized carbons (Fsp3) is 0.667. The third-order valence-electron chi connectivity index (χ3n) is 2.81. The predicted octanol–water partition coefficient (Wildman–Crippen LogP) is 1.71. The molecule has 1 aromatic heterocycles. The number of aromatic nitrogens is 2. The first-order valence-corrected chi connectivity index (χ1v) is 6.16. The topological polar surface area (TPSA) is 56.3 Å². The van der Waals surface area contributed by atoms with Crippen molar-refractivity contribution >= 4 is 5.95 Å². The molecule has 94 valence electrons. The second kappa shape index (κ2) is 6.39. The standard InChI is InChI=1S/C12H19N3O2/c1-2-17-11-3-6-13-12(15-11)14-9-10-4-7-16-8-5-10/h3,6,10H,2,4-5,7-9H2,1H3,(H,13,14,15). The van der Waals surface area contributed by atoms with Gasteiger partial charge in [-0.1, -0.05) is 0 Å². The van der Waals surface area contributed by atoms with E-state index in [1.807, 2.05) is 6.92 Å². The molecule has 0 spiro atoms. The van der Waals surface area contributed by atoms with Gasteiger partial charge in [0.2, 0.25) is 11.8 Å². The summed E-state index contributed by atoms with van der Waals surface area (Å²) in [5.74, 6) is 1.92. The normalized spacial score (nSPS) is 16.8. The van der Waals surface area contributed by atoms with Crippen molar-refractivity contribution in [3.63, 3.8) is 0 Å².